The molecule has 0 bridgehead atoms. The Labute approximate surface area is 107 Å². The van der Waals surface area contributed by atoms with Crippen LogP contribution in [0, 0.1) is 5.82 Å². The summed E-state index contributed by atoms with van der Waals surface area (Å²) in [5, 5.41) is 11.7. The van der Waals surface area contributed by atoms with Gasteiger partial charge in [0.2, 0.25) is 0 Å². The van der Waals surface area contributed by atoms with E-state index in [1.165, 1.54) is 0 Å². The van der Waals surface area contributed by atoms with Crippen LogP contribution in [0.25, 0.3) is 11.0 Å². The van der Waals surface area contributed by atoms with Gasteiger partial charge < -0.3 is 14.8 Å². The van der Waals surface area contributed by atoms with Crippen molar-refractivity contribution in [3.05, 3.63) is 40.0 Å². The van der Waals surface area contributed by atoms with Gasteiger partial charge in [0, 0.05) is 18.2 Å². The number of hydrogen-bond acceptors (Lipinski definition) is 4. The highest BCUT2D eigenvalue weighted by atomic mass is 19.1. The van der Waals surface area contributed by atoms with Crippen molar-refractivity contribution in [3.8, 4) is 5.75 Å². The maximum Gasteiger partial charge on any atom is 0.349 e. The molecule has 0 saturated carbocycles. The topological polar surface area (TPSA) is 79.5 Å². The van der Waals surface area contributed by atoms with E-state index in [0.717, 1.165) is 18.2 Å². The molecule has 100 valence electrons. The van der Waals surface area contributed by atoms with E-state index in [4.69, 9.17) is 4.42 Å². The second-order valence-corrected chi connectivity index (χ2v) is 4.42. The van der Waals surface area contributed by atoms with Gasteiger partial charge in [-0.3, -0.25) is 4.79 Å². The van der Waals surface area contributed by atoms with Crippen LogP contribution in [0.5, 0.6) is 5.75 Å². The van der Waals surface area contributed by atoms with E-state index in [2.05, 4.69) is 5.32 Å². The number of amides is 1. The minimum absolute atomic E-state index is 0.0358. The Balaban J connectivity index is 2.62. The van der Waals surface area contributed by atoms with E-state index in [0.29, 0.717) is 0 Å². The summed E-state index contributed by atoms with van der Waals surface area (Å²) in [7, 11) is 0. The molecule has 2 aromatic rings. The maximum atomic E-state index is 13.6. The molecule has 0 unspecified atom stereocenters. The van der Waals surface area contributed by atoms with Gasteiger partial charge in [-0.1, -0.05) is 0 Å². The number of benzene rings is 1. The lowest BCUT2D eigenvalue weighted by molar-refractivity contribution is 0.0939. The monoisotopic (exact) mass is 265 g/mol. The predicted molar refractivity (Wildman–Crippen MR) is 66.7 cm³/mol. The number of phenolic OH excluding ortho intramolecular Hbond substituents is 1. The van der Waals surface area contributed by atoms with Crippen LogP contribution in [0.1, 0.15) is 24.2 Å². The SMILES string of the molecule is CC(C)NC(=O)c1cc2c(F)cc(O)cc2oc1=O. The van der Waals surface area contributed by atoms with E-state index < -0.39 is 17.3 Å². The fourth-order valence-corrected chi connectivity index (χ4v) is 1.66. The standard InChI is InChI=1S/C13H12FNO4/c1-6(2)15-12(17)9-5-8-10(14)3-7(16)4-11(8)19-13(9)18/h3-6,16H,1-2H3,(H,15,17). The van der Waals surface area contributed by atoms with Crippen molar-refractivity contribution in [2.45, 2.75) is 19.9 Å². The summed E-state index contributed by atoms with van der Waals surface area (Å²) in [6.45, 7) is 3.47. The van der Waals surface area contributed by atoms with Gasteiger partial charge in [-0.25, -0.2) is 9.18 Å². The smallest absolute Gasteiger partial charge is 0.349 e. The minimum Gasteiger partial charge on any atom is -0.508 e. The average molecular weight is 265 g/mol. The van der Waals surface area contributed by atoms with Gasteiger partial charge in [-0.15, -0.1) is 0 Å². The molecule has 6 heteroatoms. The number of hydrogen-bond donors (Lipinski definition) is 2. The Morgan fingerprint density at radius 2 is 2.05 bits per heavy atom. The van der Waals surface area contributed by atoms with Crippen molar-refractivity contribution in [2.75, 3.05) is 0 Å². The number of carbonyl (C=O) groups is 1. The fraction of sp³-hybridized carbons (Fsp3) is 0.231. The molecule has 1 amide bonds. The first kappa shape index (κ1) is 13.1. The highest BCUT2D eigenvalue weighted by Crippen LogP contribution is 2.23. The fourth-order valence-electron chi connectivity index (χ4n) is 1.66. The molecule has 0 saturated heterocycles. The lowest BCUT2D eigenvalue weighted by Gasteiger charge is -2.08. The lowest BCUT2D eigenvalue weighted by Crippen LogP contribution is -2.33. The molecule has 0 fully saturated rings. The van der Waals surface area contributed by atoms with Crippen molar-refractivity contribution in [1.82, 2.24) is 5.32 Å². The molecular weight excluding hydrogens is 253 g/mol. The van der Waals surface area contributed by atoms with Crippen LogP contribution >= 0.6 is 0 Å². The zero-order chi connectivity index (χ0) is 14.2. The Morgan fingerprint density at radius 3 is 2.68 bits per heavy atom. The number of aromatic hydroxyl groups is 1. The first-order valence-corrected chi connectivity index (χ1v) is 5.65. The second kappa shape index (κ2) is 4.72. The summed E-state index contributed by atoms with van der Waals surface area (Å²) in [4.78, 5) is 23.4. The third-order valence-corrected chi connectivity index (χ3v) is 2.45. The summed E-state index contributed by atoms with van der Waals surface area (Å²) in [6.07, 6.45) is 0. The summed E-state index contributed by atoms with van der Waals surface area (Å²) in [6, 6.07) is 2.96. The number of rotatable bonds is 2. The van der Waals surface area contributed by atoms with Crippen molar-refractivity contribution in [2.24, 2.45) is 0 Å². The molecule has 2 rings (SSSR count). The van der Waals surface area contributed by atoms with Gasteiger partial charge in [0.25, 0.3) is 5.91 Å². The van der Waals surface area contributed by atoms with E-state index in [-0.39, 0.29) is 28.3 Å². The predicted octanol–water partition coefficient (Wildman–Crippen LogP) is 1.78. The molecule has 0 spiro atoms. The first-order valence-electron chi connectivity index (χ1n) is 5.65. The lowest BCUT2D eigenvalue weighted by atomic mass is 10.1. The normalized spacial score (nSPS) is 10.9. The van der Waals surface area contributed by atoms with Gasteiger partial charge in [-0.2, -0.15) is 0 Å². The molecule has 19 heavy (non-hydrogen) atoms. The third-order valence-electron chi connectivity index (χ3n) is 2.45. The largest absolute Gasteiger partial charge is 0.508 e. The molecule has 2 N–H and O–H groups in total. The quantitative estimate of drug-likeness (QED) is 0.811. The molecule has 1 aromatic carbocycles. The van der Waals surface area contributed by atoms with Crippen molar-refractivity contribution in [3.63, 3.8) is 0 Å². The Morgan fingerprint density at radius 1 is 1.37 bits per heavy atom. The molecular formula is C13H12FNO4. The summed E-state index contributed by atoms with van der Waals surface area (Å²) >= 11 is 0. The third kappa shape index (κ3) is 2.57. The molecule has 1 heterocycles. The Bertz CT molecular complexity index is 706. The van der Waals surface area contributed by atoms with Crippen molar-refractivity contribution in [1.29, 1.82) is 0 Å². The zero-order valence-corrected chi connectivity index (χ0v) is 10.4. The van der Waals surface area contributed by atoms with Crippen LogP contribution in [0.3, 0.4) is 0 Å². The zero-order valence-electron chi connectivity index (χ0n) is 10.4. The minimum atomic E-state index is -0.879. The number of phenols is 1. The molecule has 5 nitrogen and oxygen atoms in total. The molecule has 1 aromatic heterocycles. The molecule has 0 aliphatic heterocycles. The Kier molecular flexibility index (Phi) is 3.25. The average Bonchev–Trinajstić information content (AvgIpc) is 2.26. The molecule has 0 aliphatic rings. The summed E-state index contributed by atoms with van der Waals surface area (Å²) in [5.74, 6) is -1.75. The van der Waals surface area contributed by atoms with Crippen LogP contribution in [0.4, 0.5) is 4.39 Å². The van der Waals surface area contributed by atoms with Crippen molar-refractivity contribution >= 4 is 16.9 Å². The molecule has 0 radical (unpaired) electrons. The van der Waals surface area contributed by atoms with E-state index in [1.807, 2.05) is 0 Å². The maximum absolute atomic E-state index is 13.6. The highest BCUT2D eigenvalue weighted by Gasteiger charge is 2.16. The van der Waals surface area contributed by atoms with Crippen LogP contribution in [-0.4, -0.2) is 17.1 Å². The van der Waals surface area contributed by atoms with Gasteiger partial charge in [-0.05, 0) is 19.9 Å². The van der Waals surface area contributed by atoms with E-state index in [9.17, 15) is 19.1 Å². The van der Waals surface area contributed by atoms with Crippen LogP contribution in [0.2, 0.25) is 0 Å². The van der Waals surface area contributed by atoms with E-state index in [1.54, 1.807) is 13.8 Å². The number of halogens is 1. The van der Waals surface area contributed by atoms with Gasteiger partial charge in [0.1, 0.15) is 22.7 Å². The first-order chi connectivity index (χ1) is 8.88. The molecule has 0 atom stereocenters. The van der Waals surface area contributed by atoms with E-state index >= 15 is 0 Å². The van der Waals surface area contributed by atoms with Gasteiger partial charge >= 0.3 is 5.63 Å². The van der Waals surface area contributed by atoms with Gasteiger partial charge in [0.05, 0.1) is 5.39 Å². The van der Waals surface area contributed by atoms with Crippen molar-refractivity contribution < 1.29 is 18.7 Å². The van der Waals surface area contributed by atoms with Crippen LogP contribution in [-0.2, 0) is 0 Å². The van der Waals surface area contributed by atoms with Gasteiger partial charge in [0.15, 0.2) is 0 Å². The molecule has 0 aliphatic carbocycles. The number of nitrogens with one attached hydrogen (secondary N) is 1. The number of fused-ring (bicyclic) bond motifs is 1. The second-order valence-electron chi connectivity index (χ2n) is 4.42. The summed E-state index contributed by atoms with van der Waals surface area (Å²) < 4.78 is 18.5. The summed E-state index contributed by atoms with van der Waals surface area (Å²) in [5.41, 5.74) is -1.26. The highest BCUT2D eigenvalue weighted by molar-refractivity contribution is 5.97. The van der Waals surface area contributed by atoms with Crippen LogP contribution in [0.15, 0.2) is 27.4 Å². The number of carbonyl (C=O) groups excluding carboxylic acids is 1. The Hall–Kier alpha value is -2.37. The van der Waals surface area contributed by atoms with Crippen LogP contribution < -0.4 is 10.9 Å².